The number of pyridine rings is 1. The van der Waals surface area contributed by atoms with Gasteiger partial charge in [-0.15, -0.1) is 0 Å². The van der Waals surface area contributed by atoms with Crippen molar-refractivity contribution in [1.82, 2.24) is 19.6 Å². The molecule has 1 aliphatic carbocycles. The summed E-state index contributed by atoms with van der Waals surface area (Å²) < 4.78 is 53.7. The van der Waals surface area contributed by atoms with E-state index in [0.29, 0.717) is 28.6 Å². The minimum atomic E-state index is -4.39. The molecule has 1 N–H and O–H groups in total. The predicted molar refractivity (Wildman–Crippen MR) is 114 cm³/mol. The first-order valence-corrected chi connectivity index (χ1v) is 10.3. The quantitative estimate of drug-likeness (QED) is 0.361. The van der Waals surface area contributed by atoms with Gasteiger partial charge < -0.3 is 5.32 Å². The summed E-state index contributed by atoms with van der Waals surface area (Å²) in [4.78, 5) is 8.77. The third kappa shape index (κ3) is 4.42. The van der Waals surface area contributed by atoms with E-state index in [0.717, 1.165) is 36.2 Å². The van der Waals surface area contributed by atoms with Crippen molar-refractivity contribution >= 4 is 17.0 Å². The van der Waals surface area contributed by atoms with Gasteiger partial charge in [0.05, 0.1) is 40.4 Å². The second-order valence-electron chi connectivity index (χ2n) is 7.20. The third-order valence-corrected chi connectivity index (χ3v) is 4.96. The number of hydrogen-bond donors (Lipinski definition) is 1. The highest BCUT2D eigenvalue weighted by molar-refractivity contribution is 5.81. The van der Waals surface area contributed by atoms with Crippen LogP contribution in [0.15, 0.2) is 55.0 Å². The second-order valence-corrected chi connectivity index (χ2v) is 7.20. The van der Waals surface area contributed by atoms with E-state index in [1.165, 1.54) is 30.5 Å². The zero-order valence-electron chi connectivity index (χ0n) is 17.5. The van der Waals surface area contributed by atoms with Gasteiger partial charge in [0.25, 0.3) is 0 Å². The summed E-state index contributed by atoms with van der Waals surface area (Å²) in [6, 6.07) is 7.41. The van der Waals surface area contributed by atoms with E-state index in [9.17, 15) is 17.6 Å². The number of halogens is 4. The number of nitrogens with zero attached hydrogens (tertiary/aromatic N) is 4. The molecule has 1 aliphatic rings. The molecular weight excluding hydrogens is 422 g/mol. The highest BCUT2D eigenvalue weighted by atomic mass is 19.4. The average Bonchev–Trinajstić information content (AvgIpc) is 3.56. The Morgan fingerprint density at radius 3 is 2.41 bits per heavy atom. The Kier molecular flexibility index (Phi) is 5.82. The van der Waals surface area contributed by atoms with Gasteiger partial charge in [-0.25, -0.2) is 13.9 Å². The molecule has 1 saturated carbocycles. The predicted octanol–water partition coefficient (Wildman–Crippen LogP) is 6.60. The molecule has 0 aliphatic heterocycles. The number of hydrogen-bond acceptors (Lipinski definition) is 4. The Hall–Kier alpha value is -3.49. The Morgan fingerprint density at radius 1 is 1.03 bits per heavy atom. The van der Waals surface area contributed by atoms with Crippen molar-refractivity contribution in [3.8, 4) is 11.3 Å². The van der Waals surface area contributed by atoms with Crippen molar-refractivity contribution in [1.29, 1.82) is 0 Å². The highest BCUT2D eigenvalue weighted by Gasteiger charge is 2.32. The highest BCUT2D eigenvalue weighted by Crippen LogP contribution is 2.45. The molecule has 3 heterocycles. The fraction of sp³-hybridized carbons (Fsp3) is 0.261. The maximum atomic E-state index is 13.9. The van der Waals surface area contributed by atoms with Gasteiger partial charge in [-0.05, 0) is 43.2 Å². The van der Waals surface area contributed by atoms with E-state index in [1.807, 2.05) is 13.8 Å². The van der Waals surface area contributed by atoms with Crippen LogP contribution in [0.2, 0.25) is 0 Å². The zero-order chi connectivity index (χ0) is 22.9. The Morgan fingerprint density at radius 2 is 1.75 bits per heavy atom. The van der Waals surface area contributed by atoms with Crippen LogP contribution in [-0.2, 0) is 6.18 Å². The number of nitrogens with one attached hydrogen (secondary N) is 1. The summed E-state index contributed by atoms with van der Waals surface area (Å²) in [5.41, 5.74) is 2.41. The largest absolute Gasteiger partial charge is 0.416 e. The maximum absolute atomic E-state index is 13.9. The van der Waals surface area contributed by atoms with Crippen LogP contribution in [0.3, 0.4) is 0 Å². The molecule has 1 fully saturated rings. The molecule has 9 heteroatoms. The van der Waals surface area contributed by atoms with Crippen molar-refractivity contribution in [3.63, 3.8) is 0 Å². The first kappa shape index (κ1) is 21.7. The number of fused-ring (bicyclic) bond motifs is 1. The summed E-state index contributed by atoms with van der Waals surface area (Å²) in [7, 11) is 0. The smallest absolute Gasteiger partial charge is 0.339 e. The minimum absolute atomic E-state index is 0.302. The lowest BCUT2D eigenvalue weighted by atomic mass is 10.1. The SMILES string of the molecule is CC.Fc1ccn2nc(C3CC3)c(-c3cncc(Nc4ccc(C(F)(F)F)cc4)n3)c2c1. The average molecular weight is 443 g/mol. The third-order valence-electron chi connectivity index (χ3n) is 4.96. The minimum Gasteiger partial charge on any atom is -0.339 e. The number of aromatic nitrogens is 4. The molecule has 0 atom stereocenters. The second kappa shape index (κ2) is 8.57. The van der Waals surface area contributed by atoms with E-state index < -0.39 is 11.7 Å². The molecule has 4 aromatic rings. The Bertz CT molecular complexity index is 1230. The topological polar surface area (TPSA) is 55.1 Å². The van der Waals surface area contributed by atoms with Crippen molar-refractivity contribution in [2.45, 2.75) is 38.8 Å². The zero-order valence-corrected chi connectivity index (χ0v) is 17.5. The molecule has 0 unspecified atom stereocenters. The van der Waals surface area contributed by atoms with Crippen LogP contribution >= 0.6 is 0 Å². The number of rotatable bonds is 4. The van der Waals surface area contributed by atoms with Gasteiger partial charge in [0.1, 0.15) is 11.6 Å². The van der Waals surface area contributed by atoms with E-state index in [2.05, 4.69) is 20.4 Å². The van der Waals surface area contributed by atoms with Crippen LogP contribution in [0.5, 0.6) is 0 Å². The van der Waals surface area contributed by atoms with Gasteiger partial charge >= 0.3 is 6.18 Å². The first-order valence-electron chi connectivity index (χ1n) is 10.3. The van der Waals surface area contributed by atoms with Gasteiger partial charge in [0.15, 0.2) is 0 Å². The fourth-order valence-electron chi connectivity index (χ4n) is 3.38. The fourth-order valence-corrected chi connectivity index (χ4v) is 3.38. The van der Waals surface area contributed by atoms with E-state index in [-0.39, 0.29) is 5.82 Å². The molecular formula is C23H21F4N5. The molecule has 5 nitrogen and oxygen atoms in total. The van der Waals surface area contributed by atoms with E-state index in [1.54, 1.807) is 16.9 Å². The lowest BCUT2D eigenvalue weighted by Gasteiger charge is -2.10. The Balaban J connectivity index is 0.00000119. The van der Waals surface area contributed by atoms with Crippen LogP contribution in [0, 0.1) is 5.82 Å². The molecule has 0 spiro atoms. The van der Waals surface area contributed by atoms with Crippen LogP contribution in [-0.4, -0.2) is 19.6 Å². The van der Waals surface area contributed by atoms with Gasteiger partial charge in [0.2, 0.25) is 0 Å². The van der Waals surface area contributed by atoms with E-state index in [4.69, 9.17) is 0 Å². The summed E-state index contributed by atoms with van der Waals surface area (Å²) >= 11 is 0. The molecule has 3 aromatic heterocycles. The first-order chi connectivity index (χ1) is 15.4. The summed E-state index contributed by atoms with van der Waals surface area (Å²) in [6.45, 7) is 4.00. The van der Waals surface area contributed by atoms with Crippen LogP contribution in [0.25, 0.3) is 16.8 Å². The number of benzene rings is 1. The van der Waals surface area contributed by atoms with Crippen molar-refractivity contribution in [2.75, 3.05) is 5.32 Å². The van der Waals surface area contributed by atoms with E-state index >= 15 is 0 Å². The maximum Gasteiger partial charge on any atom is 0.416 e. The van der Waals surface area contributed by atoms with Gasteiger partial charge in [-0.1, -0.05) is 13.8 Å². The number of alkyl halides is 3. The van der Waals surface area contributed by atoms with Gasteiger partial charge in [0, 0.05) is 23.9 Å². The molecule has 5 rings (SSSR count). The molecule has 0 bridgehead atoms. The number of anilines is 2. The molecule has 0 amide bonds. The molecule has 0 saturated heterocycles. The molecule has 166 valence electrons. The monoisotopic (exact) mass is 443 g/mol. The van der Waals surface area contributed by atoms with Crippen molar-refractivity contribution < 1.29 is 17.6 Å². The van der Waals surface area contributed by atoms with Crippen LogP contribution < -0.4 is 5.32 Å². The Labute approximate surface area is 182 Å². The molecule has 0 radical (unpaired) electrons. The molecule has 32 heavy (non-hydrogen) atoms. The van der Waals surface area contributed by atoms with Gasteiger partial charge in [-0.2, -0.15) is 18.3 Å². The van der Waals surface area contributed by atoms with Crippen molar-refractivity contribution in [3.05, 3.63) is 72.1 Å². The summed E-state index contributed by atoms with van der Waals surface area (Å²) in [5, 5.41) is 7.56. The van der Waals surface area contributed by atoms with Crippen LogP contribution in [0.4, 0.5) is 29.1 Å². The van der Waals surface area contributed by atoms with Crippen molar-refractivity contribution in [2.24, 2.45) is 0 Å². The normalized spacial score (nSPS) is 13.6. The lowest BCUT2D eigenvalue weighted by Crippen LogP contribution is -2.04. The standard InChI is InChI=1S/C21H15F4N5.C2H6/c22-14-7-8-30-17(9-14)19(20(29-30)12-1-2-12)16-10-26-11-18(28-16)27-15-5-3-13(4-6-15)21(23,24)25;1-2/h3-12H,1-2H2,(H,27,28);1-2H3. The summed E-state index contributed by atoms with van der Waals surface area (Å²) in [5.74, 6) is 0.291. The summed E-state index contributed by atoms with van der Waals surface area (Å²) in [6.07, 6.45) is 2.25. The van der Waals surface area contributed by atoms with Gasteiger partial charge in [-0.3, -0.25) is 4.98 Å². The van der Waals surface area contributed by atoms with Crippen LogP contribution in [0.1, 0.15) is 43.9 Å². The lowest BCUT2D eigenvalue weighted by molar-refractivity contribution is -0.137. The molecule has 1 aromatic carbocycles.